The molecular weight excluding hydrogens is 240 g/mol. The van der Waals surface area contributed by atoms with Crippen LogP contribution in [0.15, 0.2) is 41.4 Å². The molecule has 88 valence electrons. The standard InChI is InChI=1S/C10H10N4O2S/c11-10-13-6-5-9(14-10)16-7-1-3-8(4-2-7)17(12)15/h1-6H,12H2,(H2,11,13,14). The van der Waals surface area contributed by atoms with Crippen LogP contribution in [0.1, 0.15) is 0 Å². The lowest BCUT2D eigenvalue weighted by Crippen LogP contribution is -2.02. The molecule has 0 radical (unpaired) electrons. The highest BCUT2D eigenvalue weighted by Gasteiger charge is 2.01. The van der Waals surface area contributed by atoms with Gasteiger partial charge in [0.15, 0.2) is 0 Å². The number of aromatic nitrogens is 2. The van der Waals surface area contributed by atoms with Crippen LogP contribution in [0.25, 0.3) is 0 Å². The van der Waals surface area contributed by atoms with E-state index in [0.29, 0.717) is 16.5 Å². The molecule has 0 fully saturated rings. The lowest BCUT2D eigenvalue weighted by Gasteiger charge is -2.04. The zero-order chi connectivity index (χ0) is 12.3. The molecular formula is C10H10N4O2S. The summed E-state index contributed by atoms with van der Waals surface area (Å²) in [7, 11) is -1.49. The van der Waals surface area contributed by atoms with E-state index in [1.807, 2.05) is 0 Å². The van der Waals surface area contributed by atoms with Crippen LogP contribution in [-0.4, -0.2) is 14.2 Å². The Morgan fingerprint density at radius 2 is 1.88 bits per heavy atom. The zero-order valence-electron chi connectivity index (χ0n) is 8.74. The molecule has 4 N–H and O–H groups in total. The Labute approximate surface area is 100 Å². The fraction of sp³-hybridized carbons (Fsp3) is 0. The van der Waals surface area contributed by atoms with Gasteiger partial charge in [-0.1, -0.05) is 0 Å². The number of benzene rings is 1. The van der Waals surface area contributed by atoms with Crippen LogP contribution >= 0.6 is 0 Å². The van der Waals surface area contributed by atoms with Crippen molar-refractivity contribution in [3.05, 3.63) is 36.5 Å². The second kappa shape index (κ2) is 4.89. The van der Waals surface area contributed by atoms with Crippen molar-refractivity contribution >= 4 is 16.9 Å². The van der Waals surface area contributed by atoms with Crippen molar-refractivity contribution in [1.82, 2.24) is 9.97 Å². The maximum Gasteiger partial charge on any atom is 0.224 e. The van der Waals surface area contributed by atoms with E-state index in [9.17, 15) is 4.21 Å². The van der Waals surface area contributed by atoms with Crippen LogP contribution in [-0.2, 0) is 11.0 Å². The third-order valence-electron chi connectivity index (χ3n) is 1.93. The summed E-state index contributed by atoms with van der Waals surface area (Å²) in [5, 5.41) is 5.23. The summed E-state index contributed by atoms with van der Waals surface area (Å²) in [6.07, 6.45) is 1.50. The van der Waals surface area contributed by atoms with Gasteiger partial charge in [-0.25, -0.2) is 14.3 Å². The maximum atomic E-state index is 11.0. The molecule has 0 saturated heterocycles. The van der Waals surface area contributed by atoms with Crippen molar-refractivity contribution in [2.75, 3.05) is 5.73 Å². The molecule has 0 saturated carbocycles. The number of ether oxygens (including phenoxy) is 1. The van der Waals surface area contributed by atoms with E-state index in [2.05, 4.69) is 9.97 Å². The predicted octanol–water partition coefficient (Wildman–Crippen LogP) is 0.832. The van der Waals surface area contributed by atoms with Gasteiger partial charge in [-0.2, -0.15) is 4.98 Å². The van der Waals surface area contributed by atoms with E-state index in [1.165, 1.54) is 6.20 Å². The fourth-order valence-electron chi connectivity index (χ4n) is 1.18. The minimum absolute atomic E-state index is 0.141. The Morgan fingerprint density at radius 3 is 2.47 bits per heavy atom. The Hall–Kier alpha value is -1.99. The second-order valence-corrected chi connectivity index (χ2v) is 4.19. The van der Waals surface area contributed by atoms with Crippen LogP contribution in [0, 0.1) is 0 Å². The average molecular weight is 250 g/mol. The van der Waals surface area contributed by atoms with Gasteiger partial charge in [-0.05, 0) is 24.3 Å². The summed E-state index contributed by atoms with van der Waals surface area (Å²) >= 11 is 0. The summed E-state index contributed by atoms with van der Waals surface area (Å²) in [6.45, 7) is 0. The third kappa shape index (κ3) is 2.99. The van der Waals surface area contributed by atoms with Gasteiger partial charge in [-0.3, -0.25) is 0 Å². The highest BCUT2D eigenvalue weighted by molar-refractivity contribution is 7.82. The first-order valence-corrected chi connectivity index (χ1v) is 5.89. The monoisotopic (exact) mass is 250 g/mol. The fourth-order valence-corrected chi connectivity index (χ4v) is 1.58. The Kier molecular flexibility index (Phi) is 3.31. The number of hydrogen-bond acceptors (Lipinski definition) is 5. The number of hydrogen-bond donors (Lipinski definition) is 2. The van der Waals surface area contributed by atoms with E-state index in [-0.39, 0.29) is 5.95 Å². The summed E-state index contributed by atoms with van der Waals surface area (Å²) in [5.41, 5.74) is 5.42. The van der Waals surface area contributed by atoms with Crippen LogP contribution in [0.5, 0.6) is 11.6 Å². The maximum absolute atomic E-state index is 11.0. The van der Waals surface area contributed by atoms with Gasteiger partial charge in [-0.15, -0.1) is 0 Å². The first kappa shape index (κ1) is 11.5. The summed E-state index contributed by atoms with van der Waals surface area (Å²) in [6, 6.07) is 8.13. The van der Waals surface area contributed by atoms with Crippen molar-refractivity contribution in [2.24, 2.45) is 5.14 Å². The quantitative estimate of drug-likeness (QED) is 0.839. The van der Waals surface area contributed by atoms with Crippen molar-refractivity contribution in [3.8, 4) is 11.6 Å². The van der Waals surface area contributed by atoms with Crippen molar-refractivity contribution < 1.29 is 8.95 Å². The van der Waals surface area contributed by atoms with Crippen molar-refractivity contribution in [3.63, 3.8) is 0 Å². The van der Waals surface area contributed by atoms with Gasteiger partial charge in [0.1, 0.15) is 16.7 Å². The third-order valence-corrected chi connectivity index (χ3v) is 2.66. The normalized spacial score (nSPS) is 12.1. The molecule has 1 unspecified atom stereocenters. The van der Waals surface area contributed by atoms with Gasteiger partial charge in [0.05, 0.1) is 4.90 Å². The highest BCUT2D eigenvalue weighted by Crippen LogP contribution is 2.20. The number of rotatable bonds is 3. The van der Waals surface area contributed by atoms with Gasteiger partial charge >= 0.3 is 0 Å². The Morgan fingerprint density at radius 1 is 1.18 bits per heavy atom. The summed E-state index contributed by atoms with van der Waals surface area (Å²) in [5.74, 6) is 1.04. The van der Waals surface area contributed by atoms with Crippen LogP contribution in [0.3, 0.4) is 0 Å². The van der Waals surface area contributed by atoms with Crippen LogP contribution < -0.4 is 15.6 Å². The minimum atomic E-state index is -1.49. The lowest BCUT2D eigenvalue weighted by molar-refractivity contribution is 0.462. The number of nitrogens with zero attached hydrogens (tertiary/aromatic N) is 2. The largest absolute Gasteiger partial charge is 0.439 e. The van der Waals surface area contributed by atoms with E-state index in [0.717, 1.165) is 0 Å². The molecule has 0 spiro atoms. The molecule has 1 atom stereocenters. The van der Waals surface area contributed by atoms with E-state index in [4.69, 9.17) is 15.6 Å². The first-order chi connectivity index (χ1) is 8.15. The van der Waals surface area contributed by atoms with E-state index < -0.39 is 11.0 Å². The number of nitrogens with two attached hydrogens (primary N) is 2. The molecule has 1 aromatic heterocycles. The van der Waals surface area contributed by atoms with Gasteiger partial charge in [0.2, 0.25) is 11.8 Å². The van der Waals surface area contributed by atoms with E-state index >= 15 is 0 Å². The molecule has 1 heterocycles. The summed E-state index contributed by atoms with van der Waals surface area (Å²) in [4.78, 5) is 8.16. The molecule has 1 aromatic carbocycles. The van der Waals surface area contributed by atoms with Crippen molar-refractivity contribution in [1.29, 1.82) is 0 Å². The average Bonchev–Trinajstić information content (AvgIpc) is 2.29. The van der Waals surface area contributed by atoms with Crippen molar-refractivity contribution in [2.45, 2.75) is 4.90 Å². The zero-order valence-corrected chi connectivity index (χ0v) is 9.55. The molecule has 7 heteroatoms. The van der Waals surface area contributed by atoms with E-state index in [1.54, 1.807) is 30.3 Å². The molecule has 0 aliphatic heterocycles. The summed E-state index contributed by atoms with van der Waals surface area (Å²) < 4.78 is 16.4. The van der Waals surface area contributed by atoms with Gasteiger partial charge in [0.25, 0.3) is 0 Å². The molecule has 2 rings (SSSR count). The molecule has 0 bridgehead atoms. The predicted molar refractivity (Wildman–Crippen MR) is 63.6 cm³/mol. The molecule has 2 aromatic rings. The Bertz CT molecular complexity index is 544. The van der Waals surface area contributed by atoms with Gasteiger partial charge in [0, 0.05) is 12.3 Å². The smallest absolute Gasteiger partial charge is 0.224 e. The van der Waals surface area contributed by atoms with Crippen LogP contribution in [0.2, 0.25) is 0 Å². The van der Waals surface area contributed by atoms with Crippen LogP contribution in [0.4, 0.5) is 5.95 Å². The Balaban J connectivity index is 2.16. The number of nitrogen functional groups attached to an aromatic ring is 1. The minimum Gasteiger partial charge on any atom is -0.439 e. The SMILES string of the molecule is Nc1nccc(Oc2ccc(S(N)=O)cc2)n1. The second-order valence-electron chi connectivity index (χ2n) is 3.12. The first-order valence-electron chi connectivity index (χ1n) is 4.68. The topological polar surface area (TPSA) is 104 Å². The molecule has 6 nitrogen and oxygen atoms in total. The van der Waals surface area contributed by atoms with Gasteiger partial charge < -0.3 is 10.5 Å². The lowest BCUT2D eigenvalue weighted by atomic mass is 10.3. The highest BCUT2D eigenvalue weighted by atomic mass is 32.2. The molecule has 17 heavy (non-hydrogen) atoms. The number of anilines is 1. The molecule has 0 aliphatic carbocycles. The molecule has 0 amide bonds. The molecule has 0 aliphatic rings.